The number of hydrazine groups is 1. The van der Waals surface area contributed by atoms with Gasteiger partial charge in [0.1, 0.15) is 0 Å². The van der Waals surface area contributed by atoms with Crippen molar-refractivity contribution in [2.24, 2.45) is 5.73 Å². The second-order valence-electron chi connectivity index (χ2n) is 1.49. The molecule has 0 unspecified atom stereocenters. The van der Waals surface area contributed by atoms with E-state index in [0.29, 0.717) is 0 Å². The molecule has 0 aliphatic rings. The average molecular weight is 183 g/mol. The van der Waals surface area contributed by atoms with E-state index in [1.807, 2.05) is 4.83 Å². The molecule has 0 spiro atoms. The van der Waals surface area contributed by atoms with Crippen LogP contribution in [-0.2, 0) is 10.0 Å². The van der Waals surface area contributed by atoms with Gasteiger partial charge in [-0.15, -0.1) is 4.83 Å². The maximum Gasteiger partial charge on any atom is 0.228 e. The normalized spacial score (nSPS) is 10.9. The van der Waals surface area contributed by atoms with Crippen LogP contribution in [0.3, 0.4) is 0 Å². The minimum absolute atomic E-state index is 0.0113. The van der Waals surface area contributed by atoms with Crippen molar-refractivity contribution in [3.05, 3.63) is 0 Å². The molecule has 0 heterocycles. The fourth-order valence-electron chi connectivity index (χ4n) is 0.200. The summed E-state index contributed by atoms with van der Waals surface area (Å²) in [6.07, 6.45) is 0. The van der Waals surface area contributed by atoms with Gasteiger partial charge in [0.25, 0.3) is 0 Å². The number of rotatable bonds is 3. The van der Waals surface area contributed by atoms with E-state index >= 15 is 0 Å². The molecule has 0 saturated carbocycles. The monoisotopic (exact) mass is 183 g/mol. The molecule has 0 aromatic rings. The molecule has 0 rings (SSSR count). The topological polar surface area (TPSA) is 84.2 Å². The van der Waals surface area contributed by atoms with Crippen molar-refractivity contribution in [1.82, 2.24) is 10.3 Å². The summed E-state index contributed by atoms with van der Waals surface area (Å²) < 4.78 is 21.2. The van der Waals surface area contributed by atoms with Gasteiger partial charge in [0.15, 0.2) is 5.11 Å². The molecule has 0 atom stereocenters. The van der Waals surface area contributed by atoms with Crippen LogP contribution in [0.2, 0.25) is 0 Å². The predicted molar refractivity (Wildman–Crippen MR) is 42.5 cm³/mol. The highest BCUT2D eigenvalue weighted by Crippen LogP contribution is 1.76. The van der Waals surface area contributed by atoms with Crippen LogP contribution in [0.4, 0.5) is 0 Å². The maximum absolute atomic E-state index is 10.6. The molecule has 0 saturated heterocycles. The lowest BCUT2D eigenvalue weighted by Crippen LogP contribution is -2.44. The molecule has 5 nitrogen and oxygen atoms in total. The minimum atomic E-state index is -3.24. The first-order valence-electron chi connectivity index (χ1n) is 2.53. The molecule has 0 aromatic carbocycles. The van der Waals surface area contributed by atoms with Gasteiger partial charge in [0.05, 0.1) is 5.75 Å². The van der Waals surface area contributed by atoms with E-state index in [-0.39, 0.29) is 10.9 Å². The van der Waals surface area contributed by atoms with Gasteiger partial charge in [0.2, 0.25) is 10.0 Å². The van der Waals surface area contributed by atoms with E-state index in [1.54, 1.807) is 0 Å². The van der Waals surface area contributed by atoms with Gasteiger partial charge < -0.3 is 5.73 Å². The van der Waals surface area contributed by atoms with Crippen LogP contribution >= 0.6 is 12.2 Å². The lowest BCUT2D eigenvalue weighted by molar-refractivity contribution is 0.579. The molecule has 10 heavy (non-hydrogen) atoms. The Bertz CT molecular complexity index is 210. The first kappa shape index (κ1) is 9.60. The summed E-state index contributed by atoms with van der Waals surface area (Å²) in [6, 6.07) is 0. The molecule has 0 bridgehead atoms. The van der Waals surface area contributed by atoms with E-state index in [4.69, 9.17) is 5.73 Å². The van der Waals surface area contributed by atoms with Crippen molar-refractivity contribution >= 4 is 27.4 Å². The third kappa shape index (κ3) is 4.48. The highest BCUT2D eigenvalue weighted by Gasteiger charge is 2.03. The van der Waals surface area contributed by atoms with Gasteiger partial charge >= 0.3 is 0 Å². The highest BCUT2D eigenvalue weighted by atomic mass is 32.2. The average Bonchev–Trinajstić information content (AvgIpc) is 1.85. The van der Waals surface area contributed by atoms with Gasteiger partial charge in [-0.25, -0.2) is 8.42 Å². The molecule has 4 N–H and O–H groups in total. The second-order valence-corrected chi connectivity index (χ2v) is 3.95. The summed E-state index contributed by atoms with van der Waals surface area (Å²) in [5.41, 5.74) is 7.06. The van der Waals surface area contributed by atoms with E-state index in [1.165, 1.54) is 6.92 Å². The first-order valence-corrected chi connectivity index (χ1v) is 4.59. The van der Waals surface area contributed by atoms with Crippen LogP contribution < -0.4 is 16.0 Å². The Morgan fingerprint density at radius 2 is 2.20 bits per heavy atom. The van der Waals surface area contributed by atoms with Crippen molar-refractivity contribution < 1.29 is 8.42 Å². The standard InChI is InChI=1S/C3H9N3O2S2/c1-2-10(7,8)6-5-3(4)9/h6H,2H2,1H3,(H3,4,5,9). The Hall–Kier alpha value is -0.400. The third-order valence-electron chi connectivity index (χ3n) is 0.710. The second kappa shape index (κ2) is 3.69. The predicted octanol–water partition coefficient (Wildman–Crippen LogP) is -1.33. The van der Waals surface area contributed by atoms with Gasteiger partial charge in [-0.2, -0.15) is 0 Å². The zero-order chi connectivity index (χ0) is 8.20. The number of nitrogens with one attached hydrogen (secondary N) is 2. The van der Waals surface area contributed by atoms with Gasteiger partial charge in [-0.3, -0.25) is 5.43 Å². The van der Waals surface area contributed by atoms with Crippen molar-refractivity contribution in [3.63, 3.8) is 0 Å². The molecule has 0 amide bonds. The molecular formula is C3H9N3O2S2. The van der Waals surface area contributed by atoms with E-state index in [2.05, 4.69) is 17.6 Å². The molecule has 0 aliphatic carbocycles. The Balaban J connectivity index is 3.81. The summed E-state index contributed by atoms with van der Waals surface area (Å²) in [5, 5.41) is -0.1000. The van der Waals surface area contributed by atoms with Crippen molar-refractivity contribution in [2.75, 3.05) is 5.75 Å². The zero-order valence-corrected chi connectivity index (χ0v) is 7.05. The zero-order valence-electron chi connectivity index (χ0n) is 5.42. The van der Waals surface area contributed by atoms with Gasteiger partial charge in [0, 0.05) is 0 Å². The summed E-state index contributed by atoms with van der Waals surface area (Å²) in [5.74, 6) is -0.0113. The minimum Gasteiger partial charge on any atom is -0.375 e. The molecule has 0 aromatic heterocycles. The summed E-state index contributed by atoms with van der Waals surface area (Å²) in [7, 11) is -3.24. The maximum atomic E-state index is 10.6. The van der Waals surface area contributed by atoms with Crippen LogP contribution in [0.5, 0.6) is 0 Å². The van der Waals surface area contributed by atoms with Crippen LogP contribution in [0.15, 0.2) is 0 Å². The summed E-state index contributed by atoms with van der Waals surface area (Å²) in [4.78, 5) is 1.96. The molecule has 0 aliphatic heterocycles. The first-order chi connectivity index (χ1) is 4.48. The number of thiocarbonyl (C=S) groups is 1. The van der Waals surface area contributed by atoms with Crippen molar-refractivity contribution in [1.29, 1.82) is 0 Å². The number of nitrogens with two attached hydrogens (primary N) is 1. The van der Waals surface area contributed by atoms with Gasteiger partial charge in [-0.1, -0.05) is 0 Å². The van der Waals surface area contributed by atoms with E-state index in [0.717, 1.165) is 0 Å². The molecule has 0 fully saturated rings. The highest BCUT2D eigenvalue weighted by molar-refractivity contribution is 7.89. The molecule has 60 valence electrons. The Morgan fingerprint density at radius 3 is 2.50 bits per heavy atom. The van der Waals surface area contributed by atoms with Crippen LogP contribution in [0.1, 0.15) is 6.92 Å². The van der Waals surface area contributed by atoms with Crippen molar-refractivity contribution in [3.8, 4) is 0 Å². The molecule has 7 heteroatoms. The fourth-order valence-corrected chi connectivity index (χ4v) is 0.726. The summed E-state index contributed by atoms with van der Waals surface area (Å²) in [6.45, 7) is 1.50. The number of hydrogen-bond acceptors (Lipinski definition) is 3. The largest absolute Gasteiger partial charge is 0.375 e. The quantitative estimate of drug-likeness (QED) is 0.373. The number of sulfonamides is 1. The Kier molecular flexibility index (Phi) is 3.54. The lowest BCUT2D eigenvalue weighted by atomic mass is 11.0. The SMILES string of the molecule is CCS(=O)(=O)NNC(N)=S. The van der Waals surface area contributed by atoms with Crippen LogP contribution in [0.25, 0.3) is 0 Å². The molecule has 0 radical (unpaired) electrons. The Morgan fingerprint density at radius 1 is 1.70 bits per heavy atom. The van der Waals surface area contributed by atoms with Gasteiger partial charge in [-0.05, 0) is 19.1 Å². The Labute approximate surface area is 65.0 Å². The van der Waals surface area contributed by atoms with E-state index < -0.39 is 10.0 Å². The fraction of sp³-hybridized carbons (Fsp3) is 0.667. The van der Waals surface area contributed by atoms with Crippen LogP contribution in [-0.4, -0.2) is 19.3 Å². The lowest BCUT2D eigenvalue weighted by Gasteiger charge is -2.03. The van der Waals surface area contributed by atoms with Crippen LogP contribution in [0, 0.1) is 0 Å². The molecular weight excluding hydrogens is 174 g/mol. The van der Waals surface area contributed by atoms with Crippen molar-refractivity contribution in [2.45, 2.75) is 6.92 Å². The number of hydrogen-bond donors (Lipinski definition) is 3. The smallest absolute Gasteiger partial charge is 0.228 e. The summed E-state index contributed by atoms with van der Waals surface area (Å²) >= 11 is 4.35. The van der Waals surface area contributed by atoms with E-state index in [9.17, 15) is 8.42 Å². The third-order valence-corrected chi connectivity index (χ3v) is 1.98.